The van der Waals surface area contributed by atoms with Gasteiger partial charge >= 0.3 is 12.0 Å². The Morgan fingerprint density at radius 2 is 1.95 bits per heavy atom. The summed E-state index contributed by atoms with van der Waals surface area (Å²) >= 11 is 0. The molecule has 0 radical (unpaired) electrons. The number of carboxylic acids is 1. The molecule has 2 heterocycles. The topological polar surface area (TPSA) is 82.1 Å². The summed E-state index contributed by atoms with van der Waals surface area (Å²) in [6.07, 6.45) is 4.76. The molecule has 7 nitrogen and oxygen atoms in total. The first-order valence-electron chi connectivity index (χ1n) is 6.79. The zero-order chi connectivity index (χ0) is 13.7. The van der Waals surface area contributed by atoms with Crippen LogP contribution in [0.5, 0.6) is 0 Å². The van der Waals surface area contributed by atoms with Crippen LogP contribution in [0.2, 0.25) is 0 Å². The van der Waals surface area contributed by atoms with Gasteiger partial charge in [-0.15, -0.1) is 0 Å². The number of aliphatic carboxylic acids is 1. The van der Waals surface area contributed by atoms with E-state index in [1.807, 2.05) is 0 Å². The third-order valence-corrected chi connectivity index (χ3v) is 3.71. The van der Waals surface area contributed by atoms with Crippen LogP contribution in [-0.4, -0.2) is 65.7 Å². The fraction of sp³-hybridized carbons (Fsp3) is 0.833. The highest BCUT2D eigenvalue weighted by Crippen LogP contribution is 2.20. The number of likely N-dealkylation sites (tertiary alicyclic amines) is 2. The fourth-order valence-corrected chi connectivity index (χ4v) is 2.73. The second-order valence-electron chi connectivity index (χ2n) is 5.07. The van der Waals surface area contributed by atoms with Gasteiger partial charge in [0.05, 0.1) is 0 Å². The van der Waals surface area contributed by atoms with Crippen LogP contribution in [0.15, 0.2) is 0 Å². The van der Waals surface area contributed by atoms with Crippen molar-refractivity contribution in [1.29, 1.82) is 0 Å². The summed E-state index contributed by atoms with van der Waals surface area (Å²) in [6, 6.07) is 0.0892. The van der Waals surface area contributed by atoms with E-state index >= 15 is 0 Å². The van der Waals surface area contributed by atoms with Crippen LogP contribution in [0.4, 0.5) is 4.79 Å². The molecule has 0 saturated carbocycles. The van der Waals surface area contributed by atoms with Crippen molar-refractivity contribution in [1.82, 2.24) is 15.3 Å². The molecular formula is C12H21N3O4. The van der Waals surface area contributed by atoms with Crippen molar-refractivity contribution in [3.8, 4) is 0 Å². The molecule has 7 heteroatoms. The van der Waals surface area contributed by atoms with E-state index in [1.165, 1.54) is 19.3 Å². The Kier molecular flexibility index (Phi) is 4.98. The zero-order valence-corrected chi connectivity index (χ0v) is 11.0. The van der Waals surface area contributed by atoms with Crippen LogP contribution >= 0.6 is 0 Å². The van der Waals surface area contributed by atoms with Crippen LogP contribution in [0.25, 0.3) is 0 Å². The Hall–Kier alpha value is -1.34. The van der Waals surface area contributed by atoms with Crippen LogP contribution < -0.4 is 5.48 Å². The lowest BCUT2D eigenvalue weighted by atomic mass is 10.1. The van der Waals surface area contributed by atoms with Gasteiger partial charge in [0, 0.05) is 19.1 Å². The minimum absolute atomic E-state index is 0.347. The molecule has 0 bridgehead atoms. The highest BCUT2D eigenvalue weighted by molar-refractivity contribution is 5.74. The molecule has 1 atom stereocenters. The average molecular weight is 271 g/mol. The van der Waals surface area contributed by atoms with Crippen LogP contribution in [0, 0.1) is 0 Å². The fourth-order valence-electron chi connectivity index (χ4n) is 2.73. The highest BCUT2D eigenvalue weighted by atomic mass is 16.7. The van der Waals surface area contributed by atoms with E-state index in [4.69, 9.17) is 5.11 Å². The van der Waals surface area contributed by atoms with Gasteiger partial charge in [-0.3, -0.25) is 9.74 Å². The van der Waals surface area contributed by atoms with Gasteiger partial charge in [-0.1, -0.05) is 6.42 Å². The number of nitrogens with zero attached hydrogens (tertiary/aromatic N) is 2. The molecular weight excluding hydrogens is 250 g/mol. The van der Waals surface area contributed by atoms with Gasteiger partial charge in [0.2, 0.25) is 0 Å². The molecule has 1 unspecified atom stereocenters. The number of carbonyl (C=O) groups excluding carboxylic acids is 1. The first-order valence-corrected chi connectivity index (χ1v) is 6.79. The monoisotopic (exact) mass is 271 g/mol. The van der Waals surface area contributed by atoms with E-state index in [-0.39, 0.29) is 6.03 Å². The lowest BCUT2D eigenvalue weighted by Crippen LogP contribution is -2.44. The van der Waals surface area contributed by atoms with Crippen molar-refractivity contribution in [3.05, 3.63) is 0 Å². The lowest BCUT2D eigenvalue weighted by molar-refractivity contribution is -0.144. The number of urea groups is 1. The molecule has 2 rings (SSSR count). The Morgan fingerprint density at radius 1 is 1.21 bits per heavy atom. The Labute approximate surface area is 112 Å². The molecule has 0 spiro atoms. The summed E-state index contributed by atoms with van der Waals surface area (Å²) in [5, 5.41) is 8.41. The normalized spacial score (nSPS) is 24.4. The van der Waals surface area contributed by atoms with E-state index in [0.29, 0.717) is 19.1 Å². The number of amides is 2. The van der Waals surface area contributed by atoms with Gasteiger partial charge in [0.1, 0.15) is 0 Å². The van der Waals surface area contributed by atoms with Crippen LogP contribution in [-0.2, 0) is 9.63 Å². The summed E-state index contributed by atoms with van der Waals surface area (Å²) in [6.45, 7) is 3.12. The number of hydrogen-bond donors (Lipinski definition) is 2. The SMILES string of the molecule is O=C(O)CONC(=O)N1CCC(N2CCCCC2)C1. The Balaban J connectivity index is 1.71. The smallest absolute Gasteiger partial charge is 0.341 e. The molecule has 2 N–H and O–H groups in total. The number of hydrogen-bond acceptors (Lipinski definition) is 4. The predicted octanol–water partition coefficient (Wildman–Crippen LogP) is 0.272. The van der Waals surface area contributed by atoms with Gasteiger partial charge < -0.3 is 10.0 Å². The van der Waals surface area contributed by atoms with Crippen molar-refractivity contribution in [2.45, 2.75) is 31.7 Å². The maximum absolute atomic E-state index is 11.7. The Morgan fingerprint density at radius 3 is 2.63 bits per heavy atom. The molecule has 2 saturated heterocycles. The molecule has 2 aliphatic rings. The minimum atomic E-state index is -1.10. The predicted molar refractivity (Wildman–Crippen MR) is 67.5 cm³/mol. The van der Waals surface area contributed by atoms with Crippen LogP contribution in [0.1, 0.15) is 25.7 Å². The number of rotatable bonds is 4. The molecule has 108 valence electrons. The first kappa shape index (κ1) is 14.1. The van der Waals surface area contributed by atoms with E-state index in [0.717, 1.165) is 19.5 Å². The van der Waals surface area contributed by atoms with Gasteiger partial charge in [0.25, 0.3) is 0 Å². The molecule has 2 aliphatic heterocycles. The summed E-state index contributed by atoms with van der Waals surface area (Å²) in [4.78, 5) is 30.7. The second-order valence-corrected chi connectivity index (χ2v) is 5.07. The standard InChI is InChI=1S/C12H21N3O4/c16-11(17)9-19-13-12(18)15-7-4-10(8-15)14-5-2-1-3-6-14/h10H,1-9H2,(H,13,18)(H,16,17). The largest absolute Gasteiger partial charge is 0.479 e. The van der Waals surface area contributed by atoms with Crippen molar-refractivity contribution in [2.75, 3.05) is 32.8 Å². The van der Waals surface area contributed by atoms with Gasteiger partial charge in [-0.2, -0.15) is 0 Å². The van der Waals surface area contributed by atoms with Crippen molar-refractivity contribution >= 4 is 12.0 Å². The number of carbonyl (C=O) groups is 2. The van der Waals surface area contributed by atoms with Crippen molar-refractivity contribution in [3.63, 3.8) is 0 Å². The van der Waals surface area contributed by atoms with E-state index in [2.05, 4.69) is 15.2 Å². The minimum Gasteiger partial charge on any atom is -0.479 e. The van der Waals surface area contributed by atoms with E-state index in [9.17, 15) is 9.59 Å². The molecule has 0 aromatic heterocycles. The number of piperidine rings is 1. The molecule has 2 amide bonds. The van der Waals surface area contributed by atoms with Crippen LogP contribution in [0.3, 0.4) is 0 Å². The molecule has 0 aliphatic carbocycles. The zero-order valence-electron chi connectivity index (χ0n) is 11.0. The third-order valence-electron chi connectivity index (χ3n) is 3.71. The Bertz CT molecular complexity index is 331. The molecule has 0 aromatic carbocycles. The van der Waals surface area contributed by atoms with Gasteiger partial charge in [-0.05, 0) is 32.4 Å². The summed E-state index contributed by atoms with van der Waals surface area (Å²) in [5.74, 6) is -1.10. The number of nitrogens with one attached hydrogen (secondary N) is 1. The van der Waals surface area contributed by atoms with Gasteiger partial charge in [-0.25, -0.2) is 15.1 Å². The highest BCUT2D eigenvalue weighted by Gasteiger charge is 2.30. The summed E-state index contributed by atoms with van der Waals surface area (Å²) in [7, 11) is 0. The third kappa shape index (κ3) is 4.07. The quantitative estimate of drug-likeness (QED) is 0.717. The maximum atomic E-state index is 11.7. The lowest BCUT2D eigenvalue weighted by Gasteiger charge is -2.32. The molecule has 2 fully saturated rings. The van der Waals surface area contributed by atoms with E-state index < -0.39 is 12.6 Å². The molecule has 19 heavy (non-hydrogen) atoms. The molecule has 0 aromatic rings. The number of hydroxylamine groups is 1. The summed E-state index contributed by atoms with van der Waals surface area (Å²) in [5.41, 5.74) is 2.17. The first-order chi connectivity index (χ1) is 9.16. The van der Waals surface area contributed by atoms with Crippen molar-refractivity contribution in [2.24, 2.45) is 0 Å². The van der Waals surface area contributed by atoms with Gasteiger partial charge in [0.15, 0.2) is 6.61 Å². The summed E-state index contributed by atoms with van der Waals surface area (Å²) < 4.78 is 0. The second kappa shape index (κ2) is 6.72. The van der Waals surface area contributed by atoms with E-state index in [1.54, 1.807) is 4.90 Å². The van der Waals surface area contributed by atoms with Crippen molar-refractivity contribution < 1.29 is 19.5 Å². The maximum Gasteiger partial charge on any atom is 0.341 e. The average Bonchev–Trinajstić information content (AvgIpc) is 2.89. The number of carboxylic acid groups (broad SMARTS) is 1.